The third kappa shape index (κ3) is 1.95. The Hall–Kier alpha value is -1.52. The number of H-pyrrole nitrogens is 1. The highest BCUT2D eigenvalue weighted by atomic mass is 16.2. The van der Waals surface area contributed by atoms with Crippen LogP contribution in [0.15, 0.2) is 6.33 Å². The lowest BCUT2D eigenvalue weighted by Crippen LogP contribution is -2.38. The molecule has 5 nitrogen and oxygen atoms in total. The Bertz CT molecular complexity index is 352. The first kappa shape index (κ1) is 10.0. The van der Waals surface area contributed by atoms with Crippen molar-refractivity contribution < 1.29 is 4.79 Å². The lowest BCUT2D eigenvalue weighted by molar-refractivity contribution is 0.0693. The average molecular weight is 208 g/mol. The topological polar surface area (TPSA) is 75.0 Å². The number of piperidine rings is 1. The third-order valence-corrected chi connectivity index (χ3v) is 2.95. The second-order valence-corrected chi connectivity index (χ2v) is 4.14. The monoisotopic (exact) mass is 208 g/mol. The molecule has 1 aliphatic heterocycles. The summed E-state index contributed by atoms with van der Waals surface area (Å²) in [5, 5.41) is 0. The highest BCUT2D eigenvalue weighted by molar-refractivity contribution is 5.96. The molecule has 1 fully saturated rings. The number of hydrogen-bond donors (Lipinski definition) is 2. The van der Waals surface area contributed by atoms with Crippen LogP contribution in [0.5, 0.6) is 0 Å². The maximum atomic E-state index is 12.0. The van der Waals surface area contributed by atoms with E-state index in [1.807, 2.05) is 4.90 Å². The van der Waals surface area contributed by atoms with Crippen molar-refractivity contribution in [2.45, 2.75) is 19.8 Å². The molecule has 0 aromatic carbocycles. The minimum atomic E-state index is -0.0306. The normalized spacial score (nSPS) is 18.1. The van der Waals surface area contributed by atoms with Crippen molar-refractivity contribution in [1.29, 1.82) is 0 Å². The van der Waals surface area contributed by atoms with Crippen molar-refractivity contribution in [1.82, 2.24) is 14.9 Å². The van der Waals surface area contributed by atoms with E-state index in [2.05, 4.69) is 16.9 Å². The number of hydrogen-bond acceptors (Lipinski definition) is 3. The summed E-state index contributed by atoms with van der Waals surface area (Å²) in [6.07, 6.45) is 3.59. The van der Waals surface area contributed by atoms with Crippen LogP contribution >= 0.6 is 0 Å². The number of anilines is 1. The maximum absolute atomic E-state index is 12.0. The standard InChI is InChI=1S/C10H16N4O/c1-7-2-4-14(5-3-7)10(15)8-9(11)13-6-12-8/h6-7H,2-5,11H2,1H3,(H,12,13). The van der Waals surface area contributed by atoms with Crippen LogP contribution in [0.25, 0.3) is 0 Å². The van der Waals surface area contributed by atoms with Crippen LogP contribution in [0, 0.1) is 5.92 Å². The molecule has 1 amide bonds. The molecule has 15 heavy (non-hydrogen) atoms. The molecular weight excluding hydrogens is 192 g/mol. The molecular formula is C10H16N4O. The largest absolute Gasteiger partial charge is 0.382 e. The highest BCUT2D eigenvalue weighted by Gasteiger charge is 2.23. The fourth-order valence-electron chi connectivity index (χ4n) is 1.85. The molecule has 1 saturated heterocycles. The quantitative estimate of drug-likeness (QED) is 0.719. The van der Waals surface area contributed by atoms with E-state index in [0.29, 0.717) is 17.4 Å². The number of nitrogens with two attached hydrogens (primary N) is 1. The summed E-state index contributed by atoms with van der Waals surface area (Å²) in [7, 11) is 0. The van der Waals surface area contributed by atoms with E-state index in [-0.39, 0.29) is 5.91 Å². The number of aromatic amines is 1. The van der Waals surface area contributed by atoms with Crippen molar-refractivity contribution in [3.05, 3.63) is 12.0 Å². The van der Waals surface area contributed by atoms with Crippen molar-refractivity contribution in [3.8, 4) is 0 Å². The van der Waals surface area contributed by atoms with Gasteiger partial charge < -0.3 is 15.6 Å². The zero-order valence-electron chi connectivity index (χ0n) is 8.86. The number of likely N-dealkylation sites (tertiary alicyclic amines) is 1. The zero-order chi connectivity index (χ0) is 10.8. The Morgan fingerprint density at radius 3 is 2.80 bits per heavy atom. The molecule has 2 heterocycles. The van der Waals surface area contributed by atoms with Gasteiger partial charge in [0, 0.05) is 13.1 Å². The molecule has 0 radical (unpaired) electrons. The van der Waals surface area contributed by atoms with Crippen LogP contribution in [0.2, 0.25) is 0 Å². The first-order chi connectivity index (χ1) is 7.18. The molecule has 0 atom stereocenters. The SMILES string of the molecule is CC1CCN(C(=O)c2[nH]cnc2N)CC1. The maximum Gasteiger partial charge on any atom is 0.274 e. The Balaban J connectivity index is 2.06. The summed E-state index contributed by atoms with van der Waals surface area (Å²) >= 11 is 0. The molecule has 1 aromatic heterocycles. The Morgan fingerprint density at radius 2 is 2.27 bits per heavy atom. The first-order valence-electron chi connectivity index (χ1n) is 5.26. The van der Waals surface area contributed by atoms with Gasteiger partial charge in [-0.1, -0.05) is 6.92 Å². The smallest absolute Gasteiger partial charge is 0.274 e. The number of nitrogens with zero attached hydrogens (tertiary/aromatic N) is 2. The van der Waals surface area contributed by atoms with Gasteiger partial charge in [-0.25, -0.2) is 4.98 Å². The molecule has 0 spiro atoms. The van der Waals surface area contributed by atoms with Gasteiger partial charge in [0.15, 0.2) is 5.82 Å². The van der Waals surface area contributed by atoms with Crippen molar-refractivity contribution in [2.75, 3.05) is 18.8 Å². The van der Waals surface area contributed by atoms with Crippen LogP contribution in [0.3, 0.4) is 0 Å². The van der Waals surface area contributed by atoms with Crippen molar-refractivity contribution in [2.24, 2.45) is 5.92 Å². The molecule has 3 N–H and O–H groups in total. The van der Waals surface area contributed by atoms with Gasteiger partial charge in [-0.2, -0.15) is 0 Å². The van der Waals surface area contributed by atoms with Crippen LogP contribution in [-0.2, 0) is 0 Å². The summed E-state index contributed by atoms with van der Waals surface area (Å²) in [6, 6.07) is 0. The number of rotatable bonds is 1. The lowest BCUT2D eigenvalue weighted by Gasteiger charge is -2.29. The van der Waals surface area contributed by atoms with E-state index in [9.17, 15) is 4.79 Å². The van der Waals surface area contributed by atoms with E-state index >= 15 is 0 Å². The number of amides is 1. The van der Waals surface area contributed by atoms with Gasteiger partial charge in [-0.3, -0.25) is 4.79 Å². The van der Waals surface area contributed by atoms with E-state index in [1.54, 1.807) is 0 Å². The summed E-state index contributed by atoms with van der Waals surface area (Å²) in [5.41, 5.74) is 6.01. The van der Waals surface area contributed by atoms with Crippen LogP contribution in [-0.4, -0.2) is 33.9 Å². The highest BCUT2D eigenvalue weighted by Crippen LogP contribution is 2.18. The Morgan fingerprint density at radius 1 is 1.60 bits per heavy atom. The van der Waals surface area contributed by atoms with Crippen LogP contribution in [0.4, 0.5) is 5.82 Å². The number of imidazole rings is 1. The number of nitrogen functional groups attached to an aromatic ring is 1. The minimum Gasteiger partial charge on any atom is -0.382 e. The molecule has 0 unspecified atom stereocenters. The number of nitrogens with one attached hydrogen (secondary N) is 1. The Labute approximate surface area is 88.7 Å². The molecule has 82 valence electrons. The molecule has 0 bridgehead atoms. The second-order valence-electron chi connectivity index (χ2n) is 4.14. The third-order valence-electron chi connectivity index (χ3n) is 2.95. The summed E-state index contributed by atoms with van der Waals surface area (Å²) < 4.78 is 0. The minimum absolute atomic E-state index is 0.0306. The van der Waals surface area contributed by atoms with E-state index in [4.69, 9.17) is 5.73 Å². The predicted octanol–water partition coefficient (Wildman–Crippen LogP) is 0.864. The van der Waals surface area contributed by atoms with Crippen LogP contribution in [0.1, 0.15) is 30.3 Å². The molecule has 1 aromatic rings. The number of carbonyl (C=O) groups is 1. The van der Waals surface area contributed by atoms with Gasteiger partial charge in [0.2, 0.25) is 0 Å². The van der Waals surface area contributed by atoms with Gasteiger partial charge in [0.05, 0.1) is 6.33 Å². The van der Waals surface area contributed by atoms with Crippen LogP contribution < -0.4 is 5.73 Å². The predicted molar refractivity (Wildman–Crippen MR) is 57.3 cm³/mol. The van der Waals surface area contributed by atoms with Gasteiger partial charge >= 0.3 is 0 Å². The molecule has 0 saturated carbocycles. The fourth-order valence-corrected chi connectivity index (χ4v) is 1.85. The lowest BCUT2D eigenvalue weighted by atomic mass is 9.99. The van der Waals surface area contributed by atoms with E-state index < -0.39 is 0 Å². The van der Waals surface area contributed by atoms with E-state index in [1.165, 1.54) is 6.33 Å². The Kier molecular flexibility index (Phi) is 2.62. The summed E-state index contributed by atoms with van der Waals surface area (Å²) in [5.74, 6) is 0.976. The number of carbonyl (C=O) groups excluding carboxylic acids is 1. The van der Waals surface area contributed by atoms with Gasteiger partial charge in [-0.15, -0.1) is 0 Å². The van der Waals surface area contributed by atoms with E-state index in [0.717, 1.165) is 25.9 Å². The zero-order valence-corrected chi connectivity index (χ0v) is 8.86. The fraction of sp³-hybridized carbons (Fsp3) is 0.600. The molecule has 0 aliphatic carbocycles. The second kappa shape index (κ2) is 3.92. The average Bonchev–Trinajstić information content (AvgIpc) is 2.65. The number of aromatic nitrogens is 2. The molecule has 2 rings (SSSR count). The molecule has 1 aliphatic rings. The molecule has 5 heteroatoms. The van der Waals surface area contributed by atoms with Gasteiger partial charge in [0.1, 0.15) is 5.69 Å². The first-order valence-corrected chi connectivity index (χ1v) is 5.26. The summed E-state index contributed by atoms with van der Waals surface area (Å²) in [6.45, 7) is 3.85. The van der Waals surface area contributed by atoms with Crippen molar-refractivity contribution >= 4 is 11.7 Å². The van der Waals surface area contributed by atoms with Gasteiger partial charge in [0.25, 0.3) is 5.91 Å². The van der Waals surface area contributed by atoms with Gasteiger partial charge in [-0.05, 0) is 18.8 Å². The summed E-state index contributed by atoms with van der Waals surface area (Å²) in [4.78, 5) is 20.4. The van der Waals surface area contributed by atoms with Crippen molar-refractivity contribution in [3.63, 3.8) is 0 Å².